The minimum Gasteiger partial charge on any atom is -0.497 e. The highest BCUT2D eigenvalue weighted by Gasteiger charge is 2.27. The lowest BCUT2D eigenvalue weighted by Gasteiger charge is -2.33. The third kappa shape index (κ3) is 7.77. The van der Waals surface area contributed by atoms with Gasteiger partial charge in [-0.05, 0) is 63.1 Å². The van der Waals surface area contributed by atoms with Crippen LogP contribution in [-0.2, 0) is 26.1 Å². The van der Waals surface area contributed by atoms with Crippen molar-refractivity contribution < 1.29 is 19.4 Å². The first-order valence-electron chi connectivity index (χ1n) is 12.1. The largest absolute Gasteiger partial charge is 0.497 e. The number of rotatable bonds is 11. The first-order chi connectivity index (χ1) is 17.5. The summed E-state index contributed by atoms with van der Waals surface area (Å²) in [6, 6.07) is 12.9. The van der Waals surface area contributed by atoms with E-state index in [1.165, 1.54) is 4.90 Å². The van der Waals surface area contributed by atoms with E-state index >= 15 is 0 Å². The highest BCUT2D eigenvalue weighted by atomic mass is 35.5. The minimum absolute atomic E-state index is 0.275. The number of hydrogen-bond donors (Lipinski definition) is 2. The Balaban J connectivity index is 1.90. The fourth-order valence-corrected chi connectivity index (χ4v) is 4.43. The van der Waals surface area contributed by atoms with E-state index in [4.69, 9.17) is 37.8 Å². The van der Waals surface area contributed by atoms with Gasteiger partial charge in [-0.2, -0.15) is 5.10 Å². The lowest BCUT2D eigenvalue weighted by Crippen LogP contribution is -2.46. The average Bonchev–Trinajstić information content (AvgIpc) is 3.14. The van der Waals surface area contributed by atoms with Crippen molar-refractivity contribution in [3.8, 4) is 17.2 Å². The van der Waals surface area contributed by atoms with Crippen LogP contribution in [0.4, 0.5) is 4.79 Å². The molecule has 8 nitrogen and oxygen atoms in total. The number of carbonyl (C=O) groups is 1. The number of ether oxygens (including phenoxy) is 2. The lowest BCUT2D eigenvalue weighted by molar-refractivity contribution is 0.0968. The van der Waals surface area contributed by atoms with E-state index in [0.29, 0.717) is 47.6 Å². The number of hydrogen-bond acceptors (Lipinski definition) is 5. The van der Waals surface area contributed by atoms with E-state index in [1.54, 1.807) is 25.3 Å². The summed E-state index contributed by atoms with van der Waals surface area (Å²) in [5, 5.41) is 18.9. The van der Waals surface area contributed by atoms with E-state index in [0.717, 1.165) is 22.7 Å². The van der Waals surface area contributed by atoms with Crippen LogP contribution in [0.15, 0.2) is 42.5 Å². The van der Waals surface area contributed by atoms with E-state index in [1.807, 2.05) is 56.6 Å². The summed E-state index contributed by atoms with van der Waals surface area (Å²) in [7, 11) is 1.64. The van der Waals surface area contributed by atoms with Crippen LogP contribution in [0.5, 0.6) is 17.2 Å². The number of halogens is 2. The fraction of sp³-hybridized carbons (Fsp3) is 0.407. The lowest BCUT2D eigenvalue weighted by atomic mass is 10.1. The predicted octanol–water partition coefficient (Wildman–Crippen LogP) is 6.62. The van der Waals surface area contributed by atoms with Crippen LogP contribution >= 0.6 is 23.2 Å². The second-order valence-corrected chi connectivity index (χ2v) is 10.4. The SMILES string of the molecule is CCc1nn(CCN(C(=O)O)C(C)(C)C)c(CNCc2ccc(OC)cc2)c1Oc1cc(Cl)cc(Cl)c1. The molecule has 1 heterocycles. The molecule has 2 aromatic carbocycles. The molecule has 0 fully saturated rings. The van der Waals surface area contributed by atoms with Gasteiger partial charge in [-0.25, -0.2) is 4.79 Å². The Labute approximate surface area is 228 Å². The first kappa shape index (κ1) is 28.6. The molecule has 0 spiro atoms. The molecule has 0 aliphatic carbocycles. The van der Waals surface area contributed by atoms with Gasteiger partial charge in [-0.3, -0.25) is 4.68 Å². The monoisotopic (exact) mass is 548 g/mol. The quantitative estimate of drug-likeness (QED) is 0.280. The number of amides is 1. The Bertz CT molecular complexity index is 1190. The van der Waals surface area contributed by atoms with E-state index in [-0.39, 0.29) is 6.54 Å². The molecule has 0 unspecified atom stereocenters. The molecule has 0 saturated carbocycles. The van der Waals surface area contributed by atoms with Crippen molar-refractivity contribution in [1.82, 2.24) is 20.0 Å². The van der Waals surface area contributed by atoms with Crippen molar-refractivity contribution in [1.29, 1.82) is 0 Å². The maximum Gasteiger partial charge on any atom is 0.407 e. The maximum absolute atomic E-state index is 11.9. The van der Waals surface area contributed by atoms with Crippen LogP contribution in [0.3, 0.4) is 0 Å². The zero-order valence-corrected chi connectivity index (χ0v) is 23.4. The summed E-state index contributed by atoms with van der Waals surface area (Å²) >= 11 is 12.4. The zero-order valence-electron chi connectivity index (χ0n) is 21.8. The van der Waals surface area contributed by atoms with Crippen LogP contribution in [-0.4, -0.2) is 45.1 Å². The fourth-order valence-electron chi connectivity index (χ4n) is 3.93. The molecule has 37 heavy (non-hydrogen) atoms. The van der Waals surface area contributed by atoms with Crippen molar-refractivity contribution in [3.63, 3.8) is 0 Å². The Morgan fingerprint density at radius 3 is 2.27 bits per heavy atom. The molecule has 3 aromatic rings. The molecule has 0 aliphatic heterocycles. The van der Waals surface area contributed by atoms with Gasteiger partial charge in [0, 0.05) is 35.2 Å². The third-order valence-electron chi connectivity index (χ3n) is 5.82. The number of methoxy groups -OCH3 is 1. The maximum atomic E-state index is 11.9. The number of nitrogens with zero attached hydrogens (tertiary/aromatic N) is 3. The van der Waals surface area contributed by atoms with Crippen LogP contribution in [0, 0.1) is 0 Å². The summed E-state index contributed by atoms with van der Waals surface area (Å²) in [6.45, 7) is 9.32. The van der Waals surface area contributed by atoms with Gasteiger partial charge >= 0.3 is 6.09 Å². The number of nitrogens with one attached hydrogen (secondary N) is 1. The summed E-state index contributed by atoms with van der Waals surface area (Å²) < 4.78 is 13.3. The summed E-state index contributed by atoms with van der Waals surface area (Å²) in [5.74, 6) is 1.91. The molecule has 0 saturated heterocycles. The van der Waals surface area contributed by atoms with Gasteiger partial charge in [-0.1, -0.05) is 42.3 Å². The highest BCUT2D eigenvalue weighted by Crippen LogP contribution is 2.33. The van der Waals surface area contributed by atoms with Crippen LogP contribution in [0.2, 0.25) is 10.0 Å². The molecule has 10 heteroatoms. The van der Waals surface area contributed by atoms with E-state index < -0.39 is 11.6 Å². The van der Waals surface area contributed by atoms with Crippen molar-refractivity contribution in [3.05, 3.63) is 69.5 Å². The molecule has 200 valence electrons. The Hall–Kier alpha value is -2.94. The molecule has 2 N–H and O–H groups in total. The predicted molar refractivity (Wildman–Crippen MR) is 146 cm³/mol. The number of aromatic nitrogens is 2. The Morgan fingerprint density at radius 1 is 1.08 bits per heavy atom. The van der Waals surface area contributed by atoms with Gasteiger partial charge in [0.1, 0.15) is 17.2 Å². The molecule has 0 bridgehead atoms. The van der Waals surface area contributed by atoms with Crippen molar-refractivity contribution >= 4 is 29.3 Å². The number of aryl methyl sites for hydroxylation is 1. The molecule has 0 atom stereocenters. The summed E-state index contributed by atoms with van der Waals surface area (Å²) in [4.78, 5) is 13.3. The first-order valence-corrected chi connectivity index (χ1v) is 12.8. The second kappa shape index (κ2) is 12.5. The topological polar surface area (TPSA) is 88.9 Å². The standard InChI is InChI=1S/C27H34Cl2N4O4/c1-6-23-25(37-22-14-19(28)13-20(29)15-22)24(17-30-16-18-7-9-21(36-5)10-8-18)33(31-23)12-11-32(26(34)35)27(2,3)4/h7-10,13-15,30H,6,11-12,16-17H2,1-5H3,(H,34,35). The normalized spacial score (nSPS) is 11.4. The van der Waals surface area contributed by atoms with Gasteiger partial charge < -0.3 is 24.8 Å². The van der Waals surface area contributed by atoms with Crippen LogP contribution in [0.25, 0.3) is 0 Å². The van der Waals surface area contributed by atoms with Crippen LogP contribution in [0.1, 0.15) is 44.6 Å². The number of benzene rings is 2. The Morgan fingerprint density at radius 2 is 1.73 bits per heavy atom. The van der Waals surface area contributed by atoms with Crippen molar-refractivity contribution in [2.45, 2.75) is 59.3 Å². The number of carboxylic acid groups (broad SMARTS) is 1. The summed E-state index contributed by atoms with van der Waals surface area (Å²) in [5.41, 5.74) is 2.11. The molecule has 0 aliphatic rings. The molecule has 1 aromatic heterocycles. The molecule has 3 rings (SSSR count). The van der Waals surface area contributed by atoms with Crippen molar-refractivity contribution in [2.24, 2.45) is 0 Å². The molecule has 1 amide bonds. The van der Waals surface area contributed by atoms with Gasteiger partial charge in [0.25, 0.3) is 0 Å². The average molecular weight is 549 g/mol. The van der Waals surface area contributed by atoms with Gasteiger partial charge in [0.2, 0.25) is 0 Å². The van der Waals surface area contributed by atoms with E-state index in [2.05, 4.69) is 5.32 Å². The van der Waals surface area contributed by atoms with E-state index in [9.17, 15) is 9.90 Å². The second-order valence-electron chi connectivity index (χ2n) is 9.56. The van der Waals surface area contributed by atoms with Gasteiger partial charge in [-0.15, -0.1) is 0 Å². The summed E-state index contributed by atoms with van der Waals surface area (Å²) in [6.07, 6.45) is -0.344. The molecular weight excluding hydrogens is 515 g/mol. The third-order valence-corrected chi connectivity index (χ3v) is 6.26. The van der Waals surface area contributed by atoms with Crippen LogP contribution < -0.4 is 14.8 Å². The molecular formula is C27H34Cl2N4O4. The minimum atomic E-state index is -0.973. The zero-order chi connectivity index (χ0) is 27.2. The molecule has 0 radical (unpaired) electrons. The Kier molecular flexibility index (Phi) is 9.70. The smallest absolute Gasteiger partial charge is 0.407 e. The van der Waals surface area contributed by atoms with Gasteiger partial charge in [0.05, 0.1) is 19.3 Å². The van der Waals surface area contributed by atoms with Crippen molar-refractivity contribution in [2.75, 3.05) is 13.7 Å². The highest BCUT2D eigenvalue weighted by molar-refractivity contribution is 6.34. The van der Waals surface area contributed by atoms with Gasteiger partial charge in [0.15, 0.2) is 5.75 Å².